The fourth-order valence-electron chi connectivity index (χ4n) is 3.99. The van der Waals surface area contributed by atoms with Gasteiger partial charge in [-0.2, -0.15) is 5.10 Å². The summed E-state index contributed by atoms with van der Waals surface area (Å²) in [6, 6.07) is 10.3. The van der Waals surface area contributed by atoms with Crippen LogP contribution in [-0.4, -0.2) is 25.6 Å². The third-order valence-electron chi connectivity index (χ3n) is 5.30. The van der Waals surface area contributed by atoms with Crippen molar-refractivity contribution in [2.75, 3.05) is 5.73 Å². The molecule has 2 atom stereocenters. The smallest absolute Gasteiger partial charge is 0.151 e. The van der Waals surface area contributed by atoms with Crippen molar-refractivity contribution in [2.24, 2.45) is 5.73 Å². The molecule has 0 amide bonds. The number of anilines is 1. The third-order valence-corrected chi connectivity index (χ3v) is 5.30. The minimum atomic E-state index is 0.0882. The minimum absolute atomic E-state index is 0.0882. The first-order valence-electron chi connectivity index (χ1n) is 8.40. The van der Waals surface area contributed by atoms with Crippen LogP contribution in [0.5, 0.6) is 0 Å². The lowest BCUT2D eigenvalue weighted by Gasteiger charge is -2.13. The van der Waals surface area contributed by atoms with Crippen molar-refractivity contribution < 1.29 is 0 Å². The first-order chi connectivity index (χ1) is 12.1. The molecule has 1 aromatic carbocycles. The first kappa shape index (κ1) is 14.4. The Morgan fingerprint density at radius 2 is 2.04 bits per heavy atom. The average molecular weight is 330 g/mol. The fourth-order valence-corrected chi connectivity index (χ4v) is 3.99. The van der Waals surface area contributed by atoms with Crippen LogP contribution in [-0.2, 0) is 6.42 Å². The largest absolute Gasteiger partial charge is 0.382 e. The molecule has 0 bridgehead atoms. The molecular weight excluding hydrogens is 312 g/mol. The molecule has 4 N–H and O–H groups in total. The molecule has 0 radical (unpaired) electrons. The summed E-state index contributed by atoms with van der Waals surface area (Å²) < 4.78 is 1.91. The van der Waals surface area contributed by atoms with E-state index in [1.54, 1.807) is 0 Å². The molecule has 3 heterocycles. The summed E-state index contributed by atoms with van der Waals surface area (Å²) >= 11 is 0. The summed E-state index contributed by atoms with van der Waals surface area (Å²) in [5.74, 6) is 0.714. The number of hydrogen-bond donors (Lipinski definition) is 2. The summed E-state index contributed by atoms with van der Waals surface area (Å²) in [5.41, 5.74) is 18.8. The predicted octanol–water partition coefficient (Wildman–Crippen LogP) is 2.51. The third kappa shape index (κ3) is 1.91. The summed E-state index contributed by atoms with van der Waals surface area (Å²) in [7, 11) is 0. The molecule has 1 aliphatic rings. The maximum Gasteiger partial charge on any atom is 0.151 e. The zero-order chi connectivity index (χ0) is 17.1. The highest BCUT2D eigenvalue weighted by Crippen LogP contribution is 2.44. The van der Waals surface area contributed by atoms with E-state index in [1.165, 1.54) is 11.9 Å². The molecule has 0 saturated heterocycles. The maximum absolute atomic E-state index is 6.34. The molecule has 0 spiro atoms. The van der Waals surface area contributed by atoms with Crippen molar-refractivity contribution in [2.45, 2.75) is 25.3 Å². The van der Waals surface area contributed by atoms with Crippen molar-refractivity contribution in [1.29, 1.82) is 0 Å². The molecule has 0 saturated carbocycles. The van der Waals surface area contributed by atoms with Gasteiger partial charge in [0.2, 0.25) is 0 Å². The Balaban J connectivity index is 1.89. The van der Waals surface area contributed by atoms with Crippen molar-refractivity contribution in [1.82, 2.24) is 19.6 Å². The van der Waals surface area contributed by atoms with Crippen LogP contribution < -0.4 is 11.5 Å². The number of aromatic nitrogens is 4. The van der Waals surface area contributed by atoms with Gasteiger partial charge in [0.1, 0.15) is 11.8 Å². The molecule has 6 nitrogen and oxygen atoms in total. The van der Waals surface area contributed by atoms with E-state index >= 15 is 0 Å². The van der Waals surface area contributed by atoms with Crippen molar-refractivity contribution in [3.8, 4) is 11.1 Å². The number of para-hydroxylation sites is 1. The number of nitrogens with zero attached hydrogens (tertiary/aromatic N) is 4. The van der Waals surface area contributed by atoms with Gasteiger partial charge in [0.05, 0.1) is 5.52 Å². The van der Waals surface area contributed by atoms with Crippen molar-refractivity contribution >= 4 is 22.2 Å². The average Bonchev–Trinajstić information content (AvgIpc) is 3.10. The Hall–Kier alpha value is -2.99. The lowest BCUT2D eigenvalue weighted by molar-refractivity contribution is 0.608. The lowest BCUT2D eigenvalue weighted by Crippen LogP contribution is -2.23. The van der Waals surface area contributed by atoms with Gasteiger partial charge < -0.3 is 11.5 Å². The van der Waals surface area contributed by atoms with E-state index in [4.69, 9.17) is 11.5 Å². The Labute approximate surface area is 144 Å². The fraction of sp³-hybridized carbons (Fsp3) is 0.211. The second-order valence-corrected chi connectivity index (χ2v) is 6.71. The highest BCUT2D eigenvalue weighted by molar-refractivity contribution is 5.94. The van der Waals surface area contributed by atoms with Crippen molar-refractivity contribution in [3.63, 3.8) is 0 Å². The molecule has 4 aromatic rings. The van der Waals surface area contributed by atoms with Crippen LogP contribution in [0.4, 0.5) is 5.82 Å². The van der Waals surface area contributed by atoms with Gasteiger partial charge in [-0.15, -0.1) is 0 Å². The molecule has 6 heteroatoms. The molecule has 2 unspecified atom stereocenters. The Kier molecular flexibility index (Phi) is 2.87. The van der Waals surface area contributed by atoms with Gasteiger partial charge in [0.25, 0.3) is 0 Å². The summed E-state index contributed by atoms with van der Waals surface area (Å²) in [6.45, 7) is 2.16. The molecule has 0 aliphatic heterocycles. The zero-order valence-corrected chi connectivity index (χ0v) is 13.8. The Bertz CT molecular complexity index is 1130. The quantitative estimate of drug-likeness (QED) is 0.559. The maximum atomic E-state index is 6.34. The Morgan fingerprint density at radius 1 is 1.20 bits per heavy atom. The summed E-state index contributed by atoms with van der Waals surface area (Å²) in [6.07, 6.45) is 4.19. The number of hydrogen-bond acceptors (Lipinski definition) is 5. The number of rotatable bonds is 1. The van der Waals surface area contributed by atoms with E-state index in [0.717, 1.165) is 39.7 Å². The zero-order valence-electron chi connectivity index (χ0n) is 13.8. The molecular formula is C19H18N6. The number of pyridine rings is 1. The number of benzene rings is 1. The monoisotopic (exact) mass is 330 g/mol. The van der Waals surface area contributed by atoms with Crippen LogP contribution in [0.15, 0.2) is 42.9 Å². The summed E-state index contributed by atoms with van der Waals surface area (Å²) in [5, 5.41) is 5.54. The van der Waals surface area contributed by atoms with Gasteiger partial charge in [-0.3, -0.25) is 4.98 Å². The SMILES string of the molecule is CC1c2c(-c3cnc4ccccc4c3)c3c(N)ncnn3c2CC1N. The molecule has 124 valence electrons. The molecule has 1 aliphatic carbocycles. The number of fused-ring (bicyclic) bond motifs is 4. The summed E-state index contributed by atoms with van der Waals surface area (Å²) in [4.78, 5) is 8.83. The minimum Gasteiger partial charge on any atom is -0.382 e. The Morgan fingerprint density at radius 3 is 2.92 bits per heavy atom. The van der Waals surface area contributed by atoms with Gasteiger partial charge in [0, 0.05) is 40.9 Å². The lowest BCUT2D eigenvalue weighted by atomic mass is 9.94. The topological polar surface area (TPSA) is 95.1 Å². The first-order valence-corrected chi connectivity index (χ1v) is 8.40. The van der Waals surface area contributed by atoms with Crippen LogP contribution >= 0.6 is 0 Å². The van der Waals surface area contributed by atoms with Crippen LogP contribution in [0.2, 0.25) is 0 Å². The van der Waals surface area contributed by atoms with Crippen LogP contribution in [0.25, 0.3) is 27.5 Å². The second kappa shape index (κ2) is 5.00. The van der Waals surface area contributed by atoms with Gasteiger partial charge in [-0.05, 0) is 23.6 Å². The molecule has 0 fully saturated rings. The van der Waals surface area contributed by atoms with Crippen LogP contribution in [0.1, 0.15) is 24.1 Å². The van der Waals surface area contributed by atoms with Gasteiger partial charge >= 0.3 is 0 Å². The van der Waals surface area contributed by atoms with Gasteiger partial charge in [-0.25, -0.2) is 9.50 Å². The number of nitrogen functional groups attached to an aromatic ring is 1. The van der Waals surface area contributed by atoms with Crippen LogP contribution in [0.3, 0.4) is 0 Å². The molecule has 3 aromatic heterocycles. The van der Waals surface area contributed by atoms with E-state index in [1.807, 2.05) is 28.9 Å². The van der Waals surface area contributed by atoms with Gasteiger partial charge in [-0.1, -0.05) is 25.1 Å². The highest BCUT2D eigenvalue weighted by Gasteiger charge is 2.35. The van der Waals surface area contributed by atoms with Crippen LogP contribution in [0, 0.1) is 0 Å². The molecule has 5 rings (SSSR count). The van der Waals surface area contributed by atoms with E-state index in [9.17, 15) is 0 Å². The standard InChI is InChI=1S/C19H18N6/c1-10-13(20)7-15-16(10)17(18-19(21)23-9-24-25(15)18)12-6-11-4-2-3-5-14(11)22-8-12/h2-6,8-10,13H,7,20H2,1H3,(H2,21,23,24). The predicted molar refractivity (Wildman–Crippen MR) is 98.2 cm³/mol. The highest BCUT2D eigenvalue weighted by atomic mass is 15.3. The van der Waals surface area contributed by atoms with Crippen molar-refractivity contribution in [3.05, 3.63) is 54.1 Å². The molecule has 25 heavy (non-hydrogen) atoms. The normalized spacial score (nSPS) is 19.6. The number of nitrogens with two attached hydrogens (primary N) is 2. The second-order valence-electron chi connectivity index (χ2n) is 6.71. The van der Waals surface area contributed by atoms with Gasteiger partial charge in [0.15, 0.2) is 5.82 Å². The van der Waals surface area contributed by atoms with E-state index in [-0.39, 0.29) is 12.0 Å². The van der Waals surface area contributed by atoms with E-state index in [0.29, 0.717) is 5.82 Å². The van der Waals surface area contributed by atoms with E-state index < -0.39 is 0 Å². The van der Waals surface area contributed by atoms with E-state index in [2.05, 4.69) is 34.1 Å².